The number of rotatable bonds is 4. The van der Waals surface area contributed by atoms with Crippen LogP contribution < -0.4 is 0 Å². The molecule has 0 unspecified atom stereocenters. The van der Waals surface area contributed by atoms with Crippen LogP contribution in [0.25, 0.3) is 22.2 Å². The summed E-state index contributed by atoms with van der Waals surface area (Å²) in [5.41, 5.74) is 2.65. The van der Waals surface area contributed by atoms with Crippen LogP contribution in [-0.2, 0) is 4.79 Å². The van der Waals surface area contributed by atoms with Crippen molar-refractivity contribution in [1.29, 1.82) is 0 Å². The highest BCUT2D eigenvalue weighted by Crippen LogP contribution is 2.35. The number of hydrogen-bond donors (Lipinski definition) is 0. The summed E-state index contributed by atoms with van der Waals surface area (Å²) in [6, 6.07) is 12.1. The van der Waals surface area contributed by atoms with Gasteiger partial charge in [-0.3, -0.25) is 4.79 Å². The molecule has 0 bridgehead atoms. The number of nitrogens with zero attached hydrogens (tertiary/aromatic N) is 2. The Bertz CT molecular complexity index is 979. The lowest BCUT2D eigenvalue weighted by Gasteiger charge is -2.23. The van der Waals surface area contributed by atoms with Crippen LogP contribution >= 0.6 is 0 Å². The van der Waals surface area contributed by atoms with Crippen LogP contribution in [0.3, 0.4) is 0 Å². The third kappa shape index (κ3) is 3.46. The van der Waals surface area contributed by atoms with Gasteiger partial charge in [0.15, 0.2) is 5.58 Å². The molecule has 0 radical (unpaired) electrons. The Morgan fingerprint density at radius 3 is 2.89 bits per heavy atom. The highest BCUT2D eigenvalue weighted by Gasteiger charge is 2.33. The maximum Gasteiger partial charge on any atom is 0.223 e. The second-order valence-corrected chi connectivity index (χ2v) is 7.56. The number of oxazole rings is 1. The van der Waals surface area contributed by atoms with Crippen LogP contribution in [0.15, 0.2) is 46.9 Å². The summed E-state index contributed by atoms with van der Waals surface area (Å²) in [6.07, 6.45) is 2.35. The van der Waals surface area contributed by atoms with E-state index in [4.69, 9.17) is 4.42 Å². The molecular formula is C22H23FN2O2. The van der Waals surface area contributed by atoms with Crippen molar-refractivity contribution in [1.82, 2.24) is 9.88 Å². The van der Waals surface area contributed by atoms with E-state index in [0.717, 1.165) is 24.9 Å². The minimum atomic E-state index is -0.262. The molecule has 5 heteroatoms. The van der Waals surface area contributed by atoms with E-state index in [2.05, 4.69) is 4.98 Å². The molecule has 1 atom stereocenters. The van der Waals surface area contributed by atoms with Crippen molar-refractivity contribution in [2.24, 2.45) is 5.92 Å². The molecule has 0 saturated carbocycles. The first-order valence-corrected chi connectivity index (χ1v) is 9.48. The molecule has 0 N–H and O–H groups in total. The molecule has 1 fully saturated rings. The van der Waals surface area contributed by atoms with Crippen LogP contribution in [0.4, 0.5) is 4.39 Å². The minimum Gasteiger partial charge on any atom is -0.438 e. The molecule has 3 aromatic rings. The molecule has 0 spiro atoms. The molecule has 1 amide bonds. The van der Waals surface area contributed by atoms with Gasteiger partial charge < -0.3 is 9.32 Å². The zero-order valence-corrected chi connectivity index (χ0v) is 15.6. The van der Waals surface area contributed by atoms with Crippen molar-refractivity contribution in [3.8, 4) is 11.1 Å². The molecule has 4 rings (SSSR count). The largest absolute Gasteiger partial charge is 0.438 e. The van der Waals surface area contributed by atoms with Gasteiger partial charge in [0.25, 0.3) is 0 Å². The Kier molecular flexibility index (Phi) is 4.68. The number of carbonyl (C=O) groups excluding carboxylic acids is 1. The Balaban J connectivity index is 1.65. The Morgan fingerprint density at radius 2 is 2.11 bits per heavy atom. The fourth-order valence-electron chi connectivity index (χ4n) is 3.74. The van der Waals surface area contributed by atoms with Crippen molar-refractivity contribution in [3.05, 3.63) is 54.2 Å². The Labute approximate surface area is 158 Å². The smallest absolute Gasteiger partial charge is 0.223 e. The van der Waals surface area contributed by atoms with Crippen LogP contribution in [0.2, 0.25) is 0 Å². The molecule has 4 nitrogen and oxygen atoms in total. The molecule has 1 aliphatic heterocycles. The second-order valence-electron chi connectivity index (χ2n) is 7.56. The van der Waals surface area contributed by atoms with Gasteiger partial charge in [-0.05, 0) is 42.5 Å². The monoisotopic (exact) mass is 366 g/mol. The van der Waals surface area contributed by atoms with E-state index in [0.29, 0.717) is 34.9 Å². The predicted molar refractivity (Wildman–Crippen MR) is 103 cm³/mol. The van der Waals surface area contributed by atoms with Gasteiger partial charge in [-0.25, -0.2) is 9.37 Å². The van der Waals surface area contributed by atoms with Crippen molar-refractivity contribution in [3.63, 3.8) is 0 Å². The quantitative estimate of drug-likeness (QED) is 0.626. The molecule has 27 heavy (non-hydrogen) atoms. The number of aromatic nitrogens is 1. The lowest BCUT2D eigenvalue weighted by molar-refractivity contribution is -0.133. The normalized spacial score (nSPS) is 17.2. The predicted octanol–water partition coefficient (Wildman–Crippen LogP) is 5.34. The molecule has 2 aromatic carbocycles. The summed E-state index contributed by atoms with van der Waals surface area (Å²) in [7, 11) is 0. The van der Waals surface area contributed by atoms with Gasteiger partial charge in [-0.15, -0.1) is 0 Å². The summed E-state index contributed by atoms with van der Waals surface area (Å²) >= 11 is 0. The molecule has 1 aromatic heterocycles. The summed E-state index contributed by atoms with van der Waals surface area (Å²) < 4.78 is 20.0. The average molecular weight is 366 g/mol. The van der Waals surface area contributed by atoms with Crippen molar-refractivity contribution >= 4 is 17.0 Å². The third-order valence-corrected chi connectivity index (χ3v) is 5.03. The molecule has 1 saturated heterocycles. The first kappa shape index (κ1) is 17.7. The number of hydrogen-bond acceptors (Lipinski definition) is 3. The van der Waals surface area contributed by atoms with Gasteiger partial charge in [-0.2, -0.15) is 0 Å². The van der Waals surface area contributed by atoms with E-state index in [1.165, 1.54) is 6.07 Å². The number of fused-ring (bicyclic) bond motifs is 1. The molecule has 0 aliphatic carbocycles. The van der Waals surface area contributed by atoms with E-state index >= 15 is 0 Å². The van der Waals surface area contributed by atoms with E-state index < -0.39 is 0 Å². The molecule has 1 aliphatic rings. The van der Waals surface area contributed by atoms with Gasteiger partial charge in [0, 0.05) is 18.5 Å². The highest BCUT2D eigenvalue weighted by molar-refractivity contribution is 5.81. The topological polar surface area (TPSA) is 46.3 Å². The second kappa shape index (κ2) is 7.14. The number of amides is 1. The van der Waals surface area contributed by atoms with E-state index in [1.54, 1.807) is 12.1 Å². The number of benzene rings is 2. The molecular weight excluding hydrogens is 343 g/mol. The summed E-state index contributed by atoms with van der Waals surface area (Å²) in [4.78, 5) is 19.1. The van der Waals surface area contributed by atoms with Crippen LogP contribution in [0.1, 0.15) is 45.0 Å². The Hall–Kier alpha value is -2.69. The van der Waals surface area contributed by atoms with Crippen LogP contribution in [0.5, 0.6) is 0 Å². The van der Waals surface area contributed by atoms with Gasteiger partial charge in [0.05, 0.1) is 0 Å². The maximum atomic E-state index is 14.1. The van der Waals surface area contributed by atoms with Crippen molar-refractivity contribution in [2.45, 2.75) is 39.2 Å². The lowest BCUT2D eigenvalue weighted by Crippen LogP contribution is -2.31. The number of likely N-dealkylation sites (tertiary alicyclic amines) is 1. The van der Waals surface area contributed by atoms with E-state index in [1.807, 2.05) is 43.0 Å². The third-order valence-electron chi connectivity index (χ3n) is 5.03. The first-order valence-electron chi connectivity index (χ1n) is 9.48. The fourth-order valence-corrected chi connectivity index (χ4v) is 3.74. The standard InChI is InChI=1S/C22H23FN2O2/c1-14(2)12-21(26)25-11-5-8-19(25)22-24-18-13-15(9-10-20(18)27-22)16-6-3-4-7-17(16)23/h3-4,6-7,9-10,13-14,19H,5,8,11-12H2,1-2H3/t19-/m1/s1. The Morgan fingerprint density at radius 1 is 1.30 bits per heavy atom. The summed E-state index contributed by atoms with van der Waals surface area (Å²) in [6.45, 7) is 4.84. The summed E-state index contributed by atoms with van der Waals surface area (Å²) in [5, 5.41) is 0. The van der Waals surface area contributed by atoms with Crippen LogP contribution in [-0.4, -0.2) is 22.3 Å². The lowest BCUT2D eigenvalue weighted by atomic mass is 10.0. The van der Waals surface area contributed by atoms with Gasteiger partial charge in [0.1, 0.15) is 17.4 Å². The van der Waals surface area contributed by atoms with Crippen LogP contribution in [0, 0.1) is 11.7 Å². The fraction of sp³-hybridized carbons (Fsp3) is 0.364. The summed E-state index contributed by atoms with van der Waals surface area (Å²) in [5.74, 6) is 0.791. The highest BCUT2D eigenvalue weighted by atomic mass is 19.1. The first-order chi connectivity index (χ1) is 13.0. The SMILES string of the molecule is CC(C)CC(=O)N1CCC[C@@H]1c1nc2cc(-c3ccccc3F)ccc2o1. The zero-order chi connectivity index (χ0) is 19.0. The zero-order valence-electron chi connectivity index (χ0n) is 15.6. The van der Waals surface area contributed by atoms with Gasteiger partial charge in [-0.1, -0.05) is 38.1 Å². The van der Waals surface area contributed by atoms with E-state index in [-0.39, 0.29) is 17.8 Å². The average Bonchev–Trinajstić information content (AvgIpc) is 3.27. The van der Waals surface area contributed by atoms with Gasteiger partial charge in [0.2, 0.25) is 11.8 Å². The molecule has 2 heterocycles. The van der Waals surface area contributed by atoms with Crippen molar-refractivity contribution < 1.29 is 13.6 Å². The number of carbonyl (C=O) groups is 1. The minimum absolute atomic E-state index is 0.111. The maximum absolute atomic E-state index is 14.1. The number of halogens is 1. The van der Waals surface area contributed by atoms with E-state index in [9.17, 15) is 9.18 Å². The van der Waals surface area contributed by atoms with Crippen molar-refractivity contribution in [2.75, 3.05) is 6.54 Å². The van der Waals surface area contributed by atoms with Gasteiger partial charge >= 0.3 is 0 Å². The molecule has 140 valence electrons.